The molecule has 0 spiro atoms. The molecular formula is C29H39N5O4S. The summed E-state index contributed by atoms with van der Waals surface area (Å²) in [5, 5.41) is 8.37. The number of benzene rings is 1. The lowest BCUT2D eigenvalue weighted by Gasteiger charge is -2.25. The van der Waals surface area contributed by atoms with E-state index in [4.69, 9.17) is 4.74 Å². The van der Waals surface area contributed by atoms with E-state index in [2.05, 4.69) is 52.2 Å². The van der Waals surface area contributed by atoms with E-state index in [0.29, 0.717) is 12.8 Å². The van der Waals surface area contributed by atoms with Gasteiger partial charge in [0.25, 0.3) is 0 Å². The Balaban J connectivity index is 1.57. The highest BCUT2D eigenvalue weighted by Gasteiger charge is 2.24. The van der Waals surface area contributed by atoms with Crippen molar-refractivity contribution in [3.8, 4) is 5.75 Å². The minimum absolute atomic E-state index is 0.0926. The minimum atomic E-state index is -3.39. The zero-order valence-corrected chi connectivity index (χ0v) is 24.2. The highest BCUT2D eigenvalue weighted by Crippen LogP contribution is 2.30. The average Bonchev–Trinajstić information content (AvgIpc) is 3.27. The number of fused-ring (bicyclic) bond motifs is 1. The lowest BCUT2D eigenvalue weighted by molar-refractivity contribution is -0.117. The predicted octanol–water partition coefficient (Wildman–Crippen LogP) is 3.89. The first-order valence-corrected chi connectivity index (χ1v) is 15.7. The van der Waals surface area contributed by atoms with Crippen LogP contribution in [0.2, 0.25) is 0 Å². The largest absolute Gasteiger partial charge is 0.489 e. The maximum atomic E-state index is 12.8. The number of aryl methyl sites for hydroxylation is 3. The Kier molecular flexibility index (Phi) is 9.50. The van der Waals surface area contributed by atoms with Gasteiger partial charge in [-0.15, -0.1) is 5.10 Å². The van der Waals surface area contributed by atoms with Gasteiger partial charge in [-0.25, -0.2) is 8.42 Å². The molecule has 0 aliphatic carbocycles. The number of carbonyl (C=O) groups excluding carboxylic acids is 1. The number of aromatic nitrogens is 4. The van der Waals surface area contributed by atoms with E-state index in [1.54, 1.807) is 10.9 Å². The van der Waals surface area contributed by atoms with Crippen molar-refractivity contribution in [2.75, 3.05) is 18.6 Å². The molecule has 2 aromatic heterocycles. The van der Waals surface area contributed by atoms with Gasteiger partial charge in [-0.05, 0) is 61.8 Å². The first-order valence-electron chi connectivity index (χ1n) is 13.6. The Morgan fingerprint density at radius 2 is 2.05 bits per heavy atom. The predicted molar refractivity (Wildman–Crippen MR) is 150 cm³/mol. The summed E-state index contributed by atoms with van der Waals surface area (Å²) in [4.78, 5) is 19.4. The molecule has 3 heterocycles. The van der Waals surface area contributed by atoms with Crippen molar-refractivity contribution in [2.45, 2.75) is 78.1 Å². The number of hydrogen-bond acceptors (Lipinski definition) is 8. The molecule has 0 fully saturated rings. The van der Waals surface area contributed by atoms with Crippen molar-refractivity contribution in [1.82, 2.24) is 24.9 Å². The molecule has 3 aromatic rings. The fourth-order valence-corrected chi connectivity index (χ4v) is 5.79. The van der Waals surface area contributed by atoms with E-state index in [0.717, 1.165) is 61.4 Å². The molecule has 4 rings (SSSR count). The highest BCUT2D eigenvalue weighted by molar-refractivity contribution is 7.91. The fourth-order valence-electron chi connectivity index (χ4n) is 5.09. The Morgan fingerprint density at radius 1 is 1.23 bits per heavy atom. The molecule has 39 heavy (non-hydrogen) atoms. The summed E-state index contributed by atoms with van der Waals surface area (Å²) in [6.45, 7) is 9.28. The van der Waals surface area contributed by atoms with Gasteiger partial charge in [0.05, 0.1) is 5.69 Å². The lowest BCUT2D eigenvalue weighted by Crippen LogP contribution is -2.32. The van der Waals surface area contributed by atoms with Crippen LogP contribution in [0.1, 0.15) is 67.0 Å². The normalized spacial score (nSPS) is 16.8. The third kappa shape index (κ3) is 8.19. The SMILES string of the molecule is CC[C@@H]1CN(Cc2cc(C(CCc3cn(CC)nn3)CC(=O)CS(C)(=O)=O)ccc2C)Cc2cnccc2O1. The minimum Gasteiger partial charge on any atom is -0.489 e. The summed E-state index contributed by atoms with van der Waals surface area (Å²) >= 11 is 0. The summed E-state index contributed by atoms with van der Waals surface area (Å²) in [5.74, 6) is 0.0789. The second kappa shape index (κ2) is 12.8. The molecular weight excluding hydrogens is 514 g/mol. The van der Waals surface area contributed by atoms with Crippen LogP contribution in [0, 0.1) is 6.92 Å². The molecule has 1 aliphatic heterocycles. The van der Waals surface area contributed by atoms with Gasteiger partial charge in [-0.2, -0.15) is 0 Å². The molecule has 1 aliphatic rings. The Hall–Kier alpha value is -3.11. The molecule has 9 nitrogen and oxygen atoms in total. The van der Waals surface area contributed by atoms with Gasteiger partial charge in [0.2, 0.25) is 0 Å². The van der Waals surface area contributed by atoms with E-state index < -0.39 is 15.6 Å². The van der Waals surface area contributed by atoms with Crippen LogP contribution in [0.15, 0.2) is 42.9 Å². The average molecular weight is 554 g/mol. The molecule has 1 aromatic carbocycles. The number of carbonyl (C=O) groups is 1. The number of nitrogens with zero attached hydrogens (tertiary/aromatic N) is 5. The van der Waals surface area contributed by atoms with Gasteiger partial charge < -0.3 is 4.74 Å². The number of hydrogen-bond donors (Lipinski definition) is 0. The number of rotatable bonds is 12. The molecule has 0 amide bonds. The molecule has 0 saturated heterocycles. The summed E-state index contributed by atoms with van der Waals surface area (Å²) in [7, 11) is -3.39. The maximum absolute atomic E-state index is 12.8. The molecule has 1 unspecified atom stereocenters. The van der Waals surface area contributed by atoms with Crippen LogP contribution >= 0.6 is 0 Å². The first kappa shape index (κ1) is 28.9. The number of ketones is 1. The van der Waals surface area contributed by atoms with E-state index in [1.165, 1.54) is 11.1 Å². The zero-order chi connectivity index (χ0) is 28.0. The smallest absolute Gasteiger partial charge is 0.154 e. The maximum Gasteiger partial charge on any atom is 0.154 e. The van der Waals surface area contributed by atoms with Crippen LogP contribution in [-0.4, -0.2) is 63.7 Å². The van der Waals surface area contributed by atoms with E-state index >= 15 is 0 Å². The monoisotopic (exact) mass is 553 g/mol. The third-order valence-corrected chi connectivity index (χ3v) is 8.10. The summed E-state index contributed by atoms with van der Waals surface area (Å²) < 4.78 is 31.6. The van der Waals surface area contributed by atoms with E-state index in [1.807, 2.05) is 25.4 Å². The van der Waals surface area contributed by atoms with Crippen molar-refractivity contribution in [3.05, 3.63) is 70.8 Å². The van der Waals surface area contributed by atoms with Crippen LogP contribution in [0.4, 0.5) is 0 Å². The van der Waals surface area contributed by atoms with Gasteiger partial charge in [-0.3, -0.25) is 19.4 Å². The number of sulfone groups is 1. The first-order chi connectivity index (χ1) is 18.6. The number of Topliss-reactive ketones (excluding diaryl/α,β-unsaturated/α-hetero) is 1. The summed E-state index contributed by atoms with van der Waals surface area (Å²) in [6, 6.07) is 8.30. The number of ether oxygens (including phenoxy) is 1. The van der Waals surface area contributed by atoms with Gasteiger partial charge >= 0.3 is 0 Å². The van der Waals surface area contributed by atoms with E-state index in [-0.39, 0.29) is 24.2 Å². The van der Waals surface area contributed by atoms with Crippen LogP contribution in [-0.2, 0) is 40.7 Å². The Labute approximate surface area is 231 Å². The van der Waals surface area contributed by atoms with Crippen molar-refractivity contribution in [3.63, 3.8) is 0 Å². The second-order valence-electron chi connectivity index (χ2n) is 10.6. The molecule has 0 saturated carbocycles. The molecule has 0 radical (unpaired) electrons. The van der Waals surface area contributed by atoms with Crippen molar-refractivity contribution in [1.29, 1.82) is 0 Å². The molecule has 0 bridgehead atoms. The molecule has 0 N–H and O–H groups in total. The van der Waals surface area contributed by atoms with Crippen LogP contribution in [0.3, 0.4) is 0 Å². The highest BCUT2D eigenvalue weighted by atomic mass is 32.2. The molecule has 2 atom stereocenters. The van der Waals surface area contributed by atoms with Crippen molar-refractivity contribution < 1.29 is 17.9 Å². The summed E-state index contributed by atoms with van der Waals surface area (Å²) in [5.41, 5.74) is 5.35. The number of pyridine rings is 1. The fraction of sp³-hybridized carbons (Fsp3) is 0.517. The quantitative estimate of drug-likeness (QED) is 0.332. The van der Waals surface area contributed by atoms with Gasteiger partial charge in [0.15, 0.2) is 9.84 Å². The van der Waals surface area contributed by atoms with Gasteiger partial charge in [-0.1, -0.05) is 30.3 Å². The van der Waals surface area contributed by atoms with E-state index in [9.17, 15) is 13.2 Å². The van der Waals surface area contributed by atoms with Crippen molar-refractivity contribution in [2.24, 2.45) is 0 Å². The standard InChI is InChI=1S/C29H39N5O4S/c1-5-28-19-33(17-25-15-30-12-11-29(25)38-28)16-24-13-22(8-7-21(24)3)23(14-27(35)20-39(4,36)37)9-10-26-18-34(6-2)32-31-26/h7-8,11-13,15,18,23,28H,5-6,9-10,14,16-17,19-20H2,1-4H3/t23?,28-/m1/s1. The second-order valence-corrected chi connectivity index (χ2v) is 12.7. The molecule has 10 heteroatoms. The van der Waals surface area contributed by atoms with Gasteiger partial charge in [0, 0.05) is 63.0 Å². The zero-order valence-electron chi connectivity index (χ0n) is 23.3. The van der Waals surface area contributed by atoms with Gasteiger partial charge in [0.1, 0.15) is 23.4 Å². The third-order valence-electron chi connectivity index (χ3n) is 7.26. The molecule has 210 valence electrons. The van der Waals surface area contributed by atoms with Crippen LogP contribution in [0.25, 0.3) is 0 Å². The van der Waals surface area contributed by atoms with Crippen LogP contribution in [0.5, 0.6) is 5.75 Å². The topological polar surface area (TPSA) is 107 Å². The van der Waals surface area contributed by atoms with Crippen molar-refractivity contribution >= 4 is 15.6 Å². The Morgan fingerprint density at radius 3 is 2.77 bits per heavy atom. The Bertz CT molecular complexity index is 1390. The van der Waals surface area contributed by atoms with Crippen LogP contribution < -0.4 is 4.74 Å². The summed E-state index contributed by atoms with van der Waals surface area (Å²) in [6.07, 6.45) is 9.18. The lowest BCUT2D eigenvalue weighted by atomic mass is 9.87.